The van der Waals surface area contributed by atoms with Gasteiger partial charge in [-0.1, -0.05) is 15.9 Å². The number of aliphatic hydroxyl groups is 1. The van der Waals surface area contributed by atoms with Gasteiger partial charge in [-0.2, -0.15) is 0 Å². The van der Waals surface area contributed by atoms with Crippen LogP contribution in [-0.4, -0.2) is 25.2 Å². The summed E-state index contributed by atoms with van der Waals surface area (Å²) >= 11 is 3.37. The molecule has 6 nitrogen and oxygen atoms in total. The zero-order valence-electron chi connectivity index (χ0n) is 14.8. The minimum absolute atomic E-state index is 0.178. The van der Waals surface area contributed by atoms with Crippen LogP contribution in [0.25, 0.3) is 11.3 Å². The summed E-state index contributed by atoms with van der Waals surface area (Å²) in [6.45, 7) is -0.178. The first kappa shape index (κ1) is 19.0. The molecule has 0 spiro atoms. The van der Waals surface area contributed by atoms with E-state index in [1.54, 1.807) is 42.5 Å². The Labute approximate surface area is 164 Å². The number of carbonyl (C=O) groups excluding carboxylic acids is 1. The van der Waals surface area contributed by atoms with Crippen LogP contribution in [0.1, 0.15) is 16.1 Å². The normalized spacial score (nSPS) is 10.5. The summed E-state index contributed by atoms with van der Waals surface area (Å²) in [5, 5.41) is 12.0. The summed E-state index contributed by atoms with van der Waals surface area (Å²) in [6, 6.07) is 14.0. The predicted octanol–water partition coefficient (Wildman–Crippen LogP) is 4.47. The van der Waals surface area contributed by atoms with Crippen molar-refractivity contribution >= 4 is 27.5 Å². The van der Waals surface area contributed by atoms with Gasteiger partial charge in [0, 0.05) is 10.0 Å². The molecule has 1 amide bonds. The molecule has 0 saturated carbocycles. The average molecular weight is 432 g/mol. The number of nitrogens with one attached hydrogen (secondary N) is 1. The fourth-order valence-electron chi connectivity index (χ4n) is 2.62. The zero-order chi connectivity index (χ0) is 19.4. The van der Waals surface area contributed by atoms with Crippen LogP contribution in [-0.2, 0) is 6.61 Å². The van der Waals surface area contributed by atoms with Crippen molar-refractivity contribution in [2.24, 2.45) is 0 Å². The molecule has 0 aliphatic carbocycles. The summed E-state index contributed by atoms with van der Waals surface area (Å²) in [6.07, 6.45) is 0. The molecular weight excluding hydrogens is 414 g/mol. The van der Waals surface area contributed by atoms with E-state index in [0.29, 0.717) is 34.3 Å². The van der Waals surface area contributed by atoms with Crippen molar-refractivity contribution in [3.05, 3.63) is 64.3 Å². The lowest BCUT2D eigenvalue weighted by Gasteiger charge is -2.13. The molecule has 27 heavy (non-hydrogen) atoms. The van der Waals surface area contributed by atoms with Gasteiger partial charge >= 0.3 is 0 Å². The molecule has 0 saturated heterocycles. The van der Waals surface area contributed by atoms with Gasteiger partial charge in [-0.05, 0) is 48.5 Å². The summed E-state index contributed by atoms with van der Waals surface area (Å²) in [5.74, 6) is 1.68. The lowest BCUT2D eigenvalue weighted by molar-refractivity contribution is 0.102. The Morgan fingerprint density at radius 1 is 1.07 bits per heavy atom. The number of hydrogen-bond acceptors (Lipinski definition) is 5. The lowest BCUT2D eigenvalue weighted by atomic mass is 10.1. The monoisotopic (exact) mass is 431 g/mol. The van der Waals surface area contributed by atoms with Crippen LogP contribution < -0.4 is 14.8 Å². The van der Waals surface area contributed by atoms with E-state index in [1.165, 1.54) is 14.2 Å². The van der Waals surface area contributed by atoms with Crippen LogP contribution in [0.4, 0.5) is 5.69 Å². The molecule has 0 atom stereocenters. The number of ether oxygens (including phenoxy) is 2. The Kier molecular flexibility index (Phi) is 5.83. The van der Waals surface area contributed by atoms with Gasteiger partial charge in [-0.3, -0.25) is 4.79 Å². The Morgan fingerprint density at radius 3 is 2.48 bits per heavy atom. The highest BCUT2D eigenvalue weighted by Gasteiger charge is 2.16. The second-order valence-corrected chi connectivity index (χ2v) is 6.55. The first-order valence-electron chi connectivity index (χ1n) is 8.08. The Balaban J connectivity index is 1.94. The van der Waals surface area contributed by atoms with Crippen molar-refractivity contribution in [2.45, 2.75) is 6.61 Å². The molecule has 0 aliphatic heterocycles. The zero-order valence-corrected chi connectivity index (χ0v) is 16.4. The molecule has 2 aromatic carbocycles. The summed E-state index contributed by atoms with van der Waals surface area (Å²) in [7, 11) is 3.04. The van der Waals surface area contributed by atoms with E-state index >= 15 is 0 Å². The summed E-state index contributed by atoms with van der Waals surface area (Å²) in [5.41, 5.74) is 1.62. The highest BCUT2D eigenvalue weighted by atomic mass is 79.9. The second kappa shape index (κ2) is 8.28. The maximum absolute atomic E-state index is 12.8. The number of furan rings is 1. The molecule has 1 heterocycles. The Hall–Kier alpha value is -2.77. The highest BCUT2D eigenvalue weighted by molar-refractivity contribution is 9.10. The fraction of sp³-hybridized carbons (Fsp3) is 0.150. The molecule has 0 fully saturated rings. The van der Waals surface area contributed by atoms with Gasteiger partial charge in [0.15, 0.2) is 0 Å². The van der Waals surface area contributed by atoms with E-state index in [4.69, 9.17) is 19.0 Å². The maximum Gasteiger partial charge on any atom is 0.259 e. The van der Waals surface area contributed by atoms with Gasteiger partial charge in [0.05, 0.1) is 25.5 Å². The quantitative estimate of drug-likeness (QED) is 0.601. The van der Waals surface area contributed by atoms with Gasteiger partial charge in [0.2, 0.25) is 0 Å². The smallest absolute Gasteiger partial charge is 0.259 e. The average Bonchev–Trinajstić information content (AvgIpc) is 3.17. The molecule has 140 valence electrons. The number of amides is 1. The van der Waals surface area contributed by atoms with Crippen LogP contribution in [0.15, 0.2) is 57.4 Å². The second-order valence-electron chi connectivity index (χ2n) is 5.64. The van der Waals surface area contributed by atoms with E-state index in [2.05, 4.69) is 21.2 Å². The molecule has 1 aromatic heterocycles. The molecule has 0 radical (unpaired) electrons. The third kappa shape index (κ3) is 4.15. The molecule has 3 rings (SSSR count). The van der Waals surface area contributed by atoms with Gasteiger partial charge in [-0.15, -0.1) is 0 Å². The summed E-state index contributed by atoms with van der Waals surface area (Å²) < 4.78 is 17.0. The fourth-order valence-corrected chi connectivity index (χ4v) is 2.99. The van der Waals surface area contributed by atoms with Crippen molar-refractivity contribution in [1.29, 1.82) is 0 Å². The number of methoxy groups -OCH3 is 2. The topological polar surface area (TPSA) is 80.9 Å². The standard InChI is InChI=1S/C20H18BrNO5/c1-25-18-7-4-13(21)10-15(18)20(24)22-16-9-12(3-6-19(16)26-2)17-8-5-14(11-23)27-17/h3-10,23H,11H2,1-2H3,(H,22,24). The Morgan fingerprint density at radius 2 is 1.81 bits per heavy atom. The number of benzene rings is 2. The number of aliphatic hydroxyl groups excluding tert-OH is 1. The first-order valence-corrected chi connectivity index (χ1v) is 8.88. The number of hydrogen-bond donors (Lipinski definition) is 2. The third-order valence-electron chi connectivity index (χ3n) is 3.96. The highest BCUT2D eigenvalue weighted by Crippen LogP contribution is 2.33. The minimum atomic E-state index is -0.334. The van der Waals surface area contributed by atoms with Crippen molar-refractivity contribution in [3.63, 3.8) is 0 Å². The number of rotatable bonds is 6. The van der Waals surface area contributed by atoms with Crippen molar-refractivity contribution in [1.82, 2.24) is 0 Å². The van der Waals surface area contributed by atoms with Crippen LogP contribution in [0.5, 0.6) is 11.5 Å². The number of anilines is 1. The molecule has 0 unspecified atom stereocenters. The predicted molar refractivity (Wildman–Crippen MR) is 105 cm³/mol. The van der Waals surface area contributed by atoms with E-state index < -0.39 is 0 Å². The van der Waals surface area contributed by atoms with Crippen molar-refractivity contribution < 1.29 is 23.8 Å². The molecule has 0 aliphatic rings. The van der Waals surface area contributed by atoms with Crippen LogP contribution in [0, 0.1) is 0 Å². The maximum atomic E-state index is 12.8. The summed E-state index contributed by atoms with van der Waals surface area (Å²) in [4.78, 5) is 12.8. The van der Waals surface area contributed by atoms with Gasteiger partial charge in [-0.25, -0.2) is 0 Å². The minimum Gasteiger partial charge on any atom is -0.496 e. The van der Waals surface area contributed by atoms with E-state index in [0.717, 1.165) is 10.0 Å². The van der Waals surface area contributed by atoms with E-state index in [1.807, 2.05) is 6.07 Å². The van der Waals surface area contributed by atoms with Crippen LogP contribution in [0.2, 0.25) is 0 Å². The molecular formula is C20H18BrNO5. The SMILES string of the molecule is COc1ccc(-c2ccc(CO)o2)cc1NC(=O)c1cc(Br)ccc1OC. The first-order chi connectivity index (χ1) is 13.0. The number of halogens is 1. The molecule has 7 heteroatoms. The largest absolute Gasteiger partial charge is 0.496 e. The van der Waals surface area contributed by atoms with Gasteiger partial charge < -0.3 is 24.3 Å². The van der Waals surface area contributed by atoms with Crippen molar-refractivity contribution in [2.75, 3.05) is 19.5 Å². The van der Waals surface area contributed by atoms with Crippen LogP contribution >= 0.6 is 15.9 Å². The van der Waals surface area contributed by atoms with Gasteiger partial charge in [0.25, 0.3) is 5.91 Å². The molecule has 2 N–H and O–H groups in total. The molecule has 3 aromatic rings. The third-order valence-corrected chi connectivity index (χ3v) is 4.45. The molecule has 0 bridgehead atoms. The van der Waals surface area contributed by atoms with Crippen molar-refractivity contribution in [3.8, 4) is 22.8 Å². The van der Waals surface area contributed by atoms with E-state index in [9.17, 15) is 4.79 Å². The Bertz CT molecular complexity index is 967. The van der Waals surface area contributed by atoms with Crippen LogP contribution in [0.3, 0.4) is 0 Å². The van der Waals surface area contributed by atoms with Gasteiger partial charge in [0.1, 0.15) is 29.6 Å². The van der Waals surface area contributed by atoms with E-state index in [-0.39, 0.29) is 12.5 Å². The number of carbonyl (C=O) groups is 1. The lowest BCUT2D eigenvalue weighted by Crippen LogP contribution is -2.14.